The van der Waals surface area contributed by atoms with E-state index in [2.05, 4.69) is 21.3 Å². The second-order valence-corrected chi connectivity index (χ2v) is 8.49. The van der Waals surface area contributed by atoms with Crippen LogP contribution in [0.25, 0.3) is 0 Å². The molecular weight excluding hydrogens is 488 g/mol. The molecule has 0 aromatic rings. The standard InChI is InChI=1S/C23H46N6O8/c1-17(2)20(22(32)28-18(21(24)31)5-4-7-27-23(25)33)29-19(30)6-9-34-11-13-36-15-16-37-14-12-35-10-8-26-3/h17-18,20,26H,4-16H2,1-3H3,(H2,24,31)(H,28,32)(H,29,30)(H3,25,27,33). The molecule has 0 saturated carbocycles. The molecule has 216 valence electrons. The number of urea groups is 1. The van der Waals surface area contributed by atoms with Crippen molar-refractivity contribution in [2.75, 3.05) is 73.0 Å². The predicted molar refractivity (Wildman–Crippen MR) is 137 cm³/mol. The first-order chi connectivity index (χ1) is 17.7. The lowest BCUT2D eigenvalue weighted by Crippen LogP contribution is -2.54. The second kappa shape index (κ2) is 22.7. The summed E-state index contributed by atoms with van der Waals surface area (Å²) in [6, 6.07) is -2.47. The van der Waals surface area contributed by atoms with Crippen LogP contribution < -0.4 is 32.7 Å². The number of hydrogen-bond donors (Lipinski definition) is 6. The minimum absolute atomic E-state index is 0.0607. The highest BCUT2D eigenvalue weighted by molar-refractivity contribution is 5.91. The Kier molecular flexibility index (Phi) is 21.1. The van der Waals surface area contributed by atoms with Crippen LogP contribution in [0.2, 0.25) is 0 Å². The Bertz CT molecular complexity index is 653. The Hall–Kier alpha value is -2.52. The highest BCUT2D eigenvalue weighted by Gasteiger charge is 2.27. The average Bonchev–Trinajstić information content (AvgIpc) is 2.83. The zero-order chi connectivity index (χ0) is 27.9. The van der Waals surface area contributed by atoms with Gasteiger partial charge in [-0.2, -0.15) is 0 Å². The fourth-order valence-electron chi connectivity index (χ4n) is 2.95. The molecule has 5 amide bonds. The molecule has 37 heavy (non-hydrogen) atoms. The summed E-state index contributed by atoms with van der Waals surface area (Å²) >= 11 is 0. The van der Waals surface area contributed by atoms with Gasteiger partial charge in [-0.05, 0) is 25.8 Å². The van der Waals surface area contributed by atoms with Gasteiger partial charge in [0.25, 0.3) is 0 Å². The largest absolute Gasteiger partial charge is 0.379 e. The van der Waals surface area contributed by atoms with E-state index in [4.69, 9.17) is 30.4 Å². The number of nitrogens with one attached hydrogen (secondary N) is 4. The number of likely N-dealkylation sites (N-methyl/N-ethyl adjacent to an activating group) is 1. The predicted octanol–water partition coefficient (Wildman–Crippen LogP) is -1.78. The maximum Gasteiger partial charge on any atom is 0.312 e. The number of rotatable bonds is 24. The lowest BCUT2D eigenvalue weighted by atomic mass is 10.0. The fraction of sp³-hybridized carbons (Fsp3) is 0.826. The van der Waals surface area contributed by atoms with Crippen molar-refractivity contribution in [1.82, 2.24) is 21.3 Å². The number of amides is 5. The molecule has 0 saturated heterocycles. The number of hydrogen-bond acceptors (Lipinski definition) is 9. The van der Waals surface area contributed by atoms with Crippen molar-refractivity contribution >= 4 is 23.8 Å². The van der Waals surface area contributed by atoms with Crippen molar-refractivity contribution in [3.63, 3.8) is 0 Å². The van der Waals surface area contributed by atoms with E-state index in [1.54, 1.807) is 13.8 Å². The first-order valence-electron chi connectivity index (χ1n) is 12.6. The zero-order valence-electron chi connectivity index (χ0n) is 22.3. The van der Waals surface area contributed by atoms with Gasteiger partial charge < -0.3 is 51.7 Å². The summed E-state index contributed by atoms with van der Waals surface area (Å²) in [6.07, 6.45) is 0.661. The molecule has 0 heterocycles. The Balaban J connectivity index is 4.08. The molecule has 2 atom stereocenters. The molecule has 14 heteroatoms. The van der Waals surface area contributed by atoms with Crippen molar-refractivity contribution in [2.45, 2.75) is 45.2 Å². The van der Waals surface area contributed by atoms with Crippen molar-refractivity contribution < 1.29 is 38.1 Å². The van der Waals surface area contributed by atoms with E-state index in [-0.39, 0.29) is 37.8 Å². The average molecular weight is 535 g/mol. The number of ether oxygens (including phenoxy) is 4. The molecule has 0 spiro atoms. The summed E-state index contributed by atoms with van der Waals surface area (Å²) < 4.78 is 21.5. The number of carbonyl (C=O) groups excluding carboxylic acids is 4. The van der Waals surface area contributed by atoms with Crippen LogP contribution in [0.5, 0.6) is 0 Å². The maximum atomic E-state index is 12.7. The third-order valence-corrected chi connectivity index (χ3v) is 4.98. The van der Waals surface area contributed by atoms with Crippen LogP contribution in [0, 0.1) is 5.92 Å². The van der Waals surface area contributed by atoms with Crippen molar-refractivity contribution in [1.29, 1.82) is 0 Å². The van der Waals surface area contributed by atoms with Crippen LogP contribution in [0.15, 0.2) is 0 Å². The summed E-state index contributed by atoms with van der Waals surface area (Å²) in [6.45, 7) is 8.01. The van der Waals surface area contributed by atoms with Gasteiger partial charge in [0, 0.05) is 19.5 Å². The van der Waals surface area contributed by atoms with Crippen LogP contribution in [-0.2, 0) is 33.3 Å². The lowest BCUT2D eigenvalue weighted by molar-refractivity contribution is -0.132. The Morgan fingerprint density at radius 1 is 0.757 bits per heavy atom. The van der Waals surface area contributed by atoms with Gasteiger partial charge in [0.05, 0.1) is 52.9 Å². The quantitative estimate of drug-likeness (QED) is 0.0773. The van der Waals surface area contributed by atoms with Gasteiger partial charge in [0.1, 0.15) is 12.1 Å². The third-order valence-electron chi connectivity index (χ3n) is 4.98. The van der Waals surface area contributed by atoms with E-state index in [1.807, 2.05) is 7.05 Å². The summed E-state index contributed by atoms with van der Waals surface area (Å²) in [5, 5.41) is 10.6. The minimum atomic E-state index is -0.939. The van der Waals surface area contributed by atoms with E-state index in [0.29, 0.717) is 52.7 Å². The van der Waals surface area contributed by atoms with E-state index in [1.165, 1.54) is 0 Å². The molecule has 0 bridgehead atoms. The molecule has 0 fully saturated rings. The third kappa shape index (κ3) is 20.2. The smallest absolute Gasteiger partial charge is 0.312 e. The normalized spacial score (nSPS) is 12.6. The molecule has 0 radical (unpaired) electrons. The van der Waals surface area contributed by atoms with Gasteiger partial charge in [0.2, 0.25) is 17.7 Å². The van der Waals surface area contributed by atoms with Crippen LogP contribution in [-0.4, -0.2) is 109 Å². The molecule has 0 aromatic carbocycles. The van der Waals surface area contributed by atoms with Crippen molar-refractivity contribution in [3.05, 3.63) is 0 Å². The zero-order valence-corrected chi connectivity index (χ0v) is 22.3. The summed E-state index contributed by atoms with van der Waals surface area (Å²) in [7, 11) is 1.86. The Morgan fingerprint density at radius 2 is 1.30 bits per heavy atom. The van der Waals surface area contributed by atoms with Gasteiger partial charge in [-0.1, -0.05) is 13.8 Å². The Labute approximate surface area is 219 Å². The summed E-state index contributed by atoms with van der Waals surface area (Å²) in [5.74, 6) is -1.82. The van der Waals surface area contributed by atoms with Gasteiger partial charge in [-0.3, -0.25) is 14.4 Å². The minimum Gasteiger partial charge on any atom is -0.379 e. The van der Waals surface area contributed by atoms with Crippen LogP contribution in [0.4, 0.5) is 4.79 Å². The van der Waals surface area contributed by atoms with E-state index < -0.39 is 29.9 Å². The molecule has 14 nitrogen and oxygen atoms in total. The van der Waals surface area contributed by atoms with Gasteiger partial charge in [0.15, 0.2) is 0 Å². The summed E-state index contributed by atoms with van der Waals surface area (Å²) in [4.78, 5) is 47.4. The molecule has 0 aromatic heterocycles. The van der Waals surface area contributed by atoms with E-state index in [9.17, 15) is 19.2 Å². The van der Waals surface area contributed by atoms with Crippen LogP contribution in [0.3, 0.4) is 0 Å². The van der Waals surface area contributed by atoms with Gasteiger partial charge >= 0.3 is 6.03 Å². The molecular formula is C23H46N6O8. The molecule has 8 N–H and O–H groups in total. The topological polar surface area (TPSA) is 205 Å². The highest BCUT2D eigenvalue weighted by atomic mass is 16.6. The molecule has 0 aliphatic rings. The monoisotopic (exact) mass is 534 g/mol. The lowest BCUT2D eigenvalue weighted by Gasteiger charge is -2.24. The van der Waals surface area contributed by atoms with E-state index >= 15 is 0 Å². The van der Waals surface area contributed by atoms with Crippen molar-refractivity contribution in [3.8, 4) is 0 Å². The molecule has 0 rings (SSSR count). The Morgan fingerprint density at radius 3 is 1.78 bits per heavy atom. The molecule has 2 unspecified atom stereocenters. The van der Waals surface area contributed by atoms with Gasteiger partial charge in [-0.25, -0.2) is 4.79 Å². The highest BCUT2D eigenvalue weighted by Crippen LogP contribution is 2.05. The fourth-order valence-corrected chi connectivity index (χ4v) is 2.95. The first-order valence-corrected chi connectivity index (χ1v) is 12.6. The summed E-state index contributed by atoms with van der Waals surface area (Å²) in [5.41, 5.74) is 10.4. The molecule has 0 aliphatic carbocycles. The van der Waals surface area contributed by atoms with Crippen LogP contribution in [0.1, 0.15) is 33.1 Å². The number of primary amides is 2. The number of carbonyl (C=O) groups is 4. The van der Waals surface area contributed by atoms with E-state index in [0.717, 1.165) is 6.54 Å². The van der Waals surface area contributed by atoms with Gasteiger partial charge in [-0.15, -0.1) is 0 Å². The van der Waals surface area contributed by atoms with Crippen molar-refractivity contribution in [2.24, 2.45) is 17.4 Å². The second-order valence-electron chi connectivity index (χ2n) is 8.49. The first kappa shape index (κ1) is 34.5. The number of nitrogens with two attached hydrogens (primary N) is 2. The van der Waals surface area contributed by atoms with Crippen LogP contribution >= 0.6 is 0 Å². The maximum absolute atomic E-state index is 12.7. The SMILES string of the molecule is CNCCOCCOCCOCCOCCC(=O)NC(C(=O)NC(CCCNC(N)=O)C(N)=O)C(C)C. The molecule has 0 aliphatic heterocycles.